The molecule has 0 spiro atoms. The number of nitrogens with two attached hydrogens (primary N) is 2. The summed E-state index contributed by atoms with van der Waals surface area (Å²) in [5.41, 5.74) is 9.53. The molecule has 31 nitrogen and oxygen atoms in total. The van der Waals surface area contributed by atoms with E-state index in [2.05, 4.69) is 46.7 Å². The molecule has 0 aromatic carbocycles. The third kappa shape index (κ3) is 42.1. The lowest BCUT2D eigenvalue weighted by molar-refractivity contribution is -0.156. The third-order valence-corrected chi connectivity index (χ3v) is 10.4. The molecular formula is C45H83ClN12O19S2. The Morgan fingerprint density at radius 1 is 0.646 bits per heavy atom. The molecule has 0 radical (unpaired) electrons. The molecule has 12 N–H and O–H groups in total. The lowest BCUT2D eigenvalue weighted by atomic mass is 10.2. The van der Waals surface area contributed by atoms with E-state index >= 15 is 0 Å². The zero-order chi connectivity index (χ0) is 59.9. The summed E-state index contributed by atoms with van der Waals surface area (Å²) in [7, 11) is 0. The number of hydrogen-bond donors (Lipinski definition) is 10. The van der Waals surface area contributed by atoms with Crippen LogP contribution < -0.4 is 48.7 Å². The van der Waals surface area contributed by atoms with E-state index in [-0.39, 0.29) is 65.0 Å². The minimum absolute atomic E-state index is 0. The number of amides is 9. The number of aliphatic carboxylic acids is 1. The number of rotatable bonds is 19. The van der Waals surface area contributed by atoms with Crippen molar-refractivity contribution in [3.8, 4) is 0 Å². The number of ketones is 1. The zero-order valence-electron chi connectivity index (χ0n) is 45.9. The predicted octanol–water partition coefficient (Wildman–Crippen LogP) is -3.83. The Morgan fingerprint density at radius 3 is 1.41 bits per heavy atom. The summed E-state index contributed by atoms with van der Waals surface area (Å²) in [6.45, 7) is 21.3. The van der Waals surface area contributed by atoms with Crippen LogP contribution in [0.3, 0.4) is 0 Å². The van der Waals surface area contributed by atoms with Gasteiger partial charge in [0.25, 0.3) is 0 Å². The van der Waals surface area contributed by atoms with E-state index in [1.807, 2.05) is 20.8 Å². The molecule has 9 amide bonds. The highest BCUT2D eigenvalue weighted by Gasteiger charge is 2.28. The van der Waals surface area contributed by atoms with Crippen molar-refractivity contribution in [1.29, 1.82) is 0 Å². The minimum Gasteiger partial charge on any atom is -0.481 e. The largest absolute Gasteiger partial charge is 0.481 e. The van der Waals surface area contributed by atoms with E-state index in [9.17, 15) is 67.1 Å². The summed E-state index contributed by atoms with van der Waals surface area (Å²) in [4.78, 5) is 155. The van der Waals surface area contributed by atoms with Gasteiger partial charge in [0.1, 0.15) is 11.2 Å². The number of halogens is 1. The second kappa shape index (κ2) is 43.3. The maximum absolute atomic E-state index is 11.4. The molecule has 0 aromatic rings. The summed E-state index contributed by atoms with van der Waals surface area (Å²) in [5.74, 6) is -6.25. The highest BCUT2D eigenvalue weighted by atomic mass is 35.5. The van der Waals surface area contributed by atoms with Gasteiger partial charge in [0.15, 0.2) is 0 Å². The van der Waals surface area contributed by atoms with Crippen LogP contribution in [0.4, 0.5) is 9.59 Å². The van der Waals surface area contributed by atoms with E-state index in [0.29, 0.717) is 90.0 Å². The van der Waals surface area contributed by atoms with Crippen molar-refractivity contribution in [3.63, 3.8) is 0 Å². The van der Waals surface area contributed by atoms with Crippen LogP contribution >= 0.6 is 35.9 Å². The molecule has 4 heterocycles. The maximum atomic E-state index is 11.4. The summed E-state index contributed by atoms with van der Waals surface area (Å²) < 4.78 is 18.6. The first kappa shape index (κ1) is 76.7. The molecule has 0 aromatic heterocycles. The van der Waals surface area contributed by atoms with Crippen LogP contribution in [-0.4, -0.2) is 249 Å². The number of hydrogen-bond acceptors (Lipinski definition) is 23. The Morgan fingerprint density at radius 2 is 1.06 bits per heavy atom. The number of nitrogens with one attached hydrogen (secondary N) is 7. The molecule has 0 aliphatic carbocycles. The molecule has 4 aliphatic heterocycles. The van der Waals surface area contributed by atoms with Gasteiger partial charge in [0.2, 0.25) is 11.7 Å². The number of cyclic esters (lactones) is 2. The predicted molar refractivity (Wildman–Crippen MR) is 293 cm³/mol. The minimum atomic E-state index is -0.970. The van der Waals surface area contributed by atoms with Crippen LogP contribution in [0.5, 0.6) is 0 Å². The normalized spacial score (nSPS) is 14.8. The number of thioether (sulfide) groups is 2. The van der Waals surface area contributed by atoms with Gasteiger partial charge in [-0.1, -0.05) is 0 Å². The number of carboxylic acids is 1. The fourth-order valence-electron chi connectivity index (χ4n) is 5.32. The van der Waals surface area contributed by atoms with Crippen LogP contribution in [0.2, 0.25) is 0 Å². The van der Waals surface area contributed by atoms with Crippen LogP contribution in [0.15, 0.2) is 0 Å². The fraction of sp³-hybridized carbons (Fsp3) is 0.689. The molecule has 456 valence electrons. The van der Waals surface area contributed by atoms with Gasteiger partial charge in [-0.05, 0) is 48.5 Å². The van der Waals surface area contributed by atoms with Crippen LogP contribution in [0, 0.1) is 0 Å². The summed E-state index contributed by atoms with van der Waals surface area (Å²) in [6.07, 6.45) is -0.913. The van der Waals surface area contributed by atoms with Crippen molar-refractivity contribution in [1.82, 2.24) is 51.9 Å². The van der Waals surface area contributed by atoms with Gasteiger partial charge in [-0.15, -0.1) is 35.9 Å². The van der Waals surface area contributed by atoms with Crippen LogP contribution in [0.25, 0.3) is 0 Å². The third-order valence-electron chi connectivity index (χ3n) is 8.58. The van der Waals surface area contributed by atoms with Gasteiger partial charge in [-0.2, -0.15) is 0 Å². The summed E-state index contributed by atoms with van der Waals surface area (Å²) >= 11 is 2.29. The number of ether oxygens (including phenoxy) is 4. The van der Waals surface area contributed by atoms with Crippen molar-refractivity contribution in [2.75, 3.05) is 134 Å². The van der Waals surface area contributed by atoms with Crippen LogP contribution in [0.1, 0.15) is 58.2 Å². The second-order valence-electron chi connectivity index (χ2n) is 17.7. The standard InChI is InChI=1S/C11H19N3O4.C10H15N3O5S.C9H21N3O2.C6H11N3O2.C5H8O3.C4H4O3S.ClH.2H2/c1-11(2,3)18-10(17)13-5-7-14-6-4-12-8(15)9(14)16;14-7(5-19-6-8(15)16)11-1-3-13-4-2-12-9(17)10(13)18;1-9(2,3)14-8(13)12-7-6-11-5-4-10;7-1-3-9-4-2-8-5(10)6(9)11;1-3-8-5(7)4(2)6;5-3-1-8-2-4(6)7-3;;;/h4-7H2,1-3H3,(H,12,15)(H,13,17);1-6H2,(H,11,14)(H,12,17)(H,15,16);11H,4-7,10H2,1-3H3,(H,12,13);1-4,7H2,(H,8,10);3H2,1-2H3;1-2H2;3*1H. The topological polar surface area (TPSA) is 442 Å². The number of esters is 3. The van der Waals surface area contributed by atoms with Gasteiger partial charge in [0.05, 0.1) is 29.6 Å². The second-order valence-corrected chi connectivity index (χ2v) is 19.7. The smallest absolute Gasteiger partial charge is 0.407 e. The number of piperazine rings is 3. The van der Waals surface area contributed by atoms with Gasteiger partial charge < -0.3 is 87.4 Å². The molecule has 4 aliphatic rings. The molecule has 34 heteroatoms. The van der Waals surface area contributed by atoms with Crippen molar-refractivity contribution in [3.05, 3.63) is 0 Å². The molecule has 0 saturated carbocycles. The van der Waals surface area contributed by atoms with Gasteiger partial charge in [0, 0.05) is 114 Å². The van der Waals surface area contributed by atoms with Gasteiger partial charge in [-0.25, -0.2) is 14.4 Å². The number of Topliss-reactive ketones (excluding diaryl/α,β-unsaturated/α-hetero) is 1. The molecule has 0 atom stereocenters. The van der Waals surface area contributed by atoms with E-state index in [4.69, 9.17) is 26.0 Å². The first-order chi connectivity index (χ1) is 36.5. The fourth-order valence-corrected chi connectivity index (χ4v) is 6.44. The van der Waals surface area contributed by atoms with E-state index in [1.54, 1.807) is 27.7 Å². The Kier molecular flexibility index (Phi) is 42.1. The highest BCUT2D eigenvalue weighted by molar-refractivity contribution is 8.00. The Hall–Kier alpha value is -6.55. The SMILES string of the molecule is CC(C)(C)OC(=O)NCCN1CCNC(=O)C1=O.CC(C)(C)OC(=O)NCCNCCN.CCOC(=O)C(C)=O.Cl.NCCN1CCNC(=O)C1=O.O=C(O)CSCC(=O)NCCN1CCNC(=O)C1=O.O=C1CSCC(=O)O1.[HH].[HH]. The van der Waals surface area contributed by atoms with Crippen LogP contribution in [-0.2, 0) is 76.5 Å². The van der Waals surface area contributed by atoms with Crippen molar-refractivity contribution < 1.29 is 94.0 Å². The van der Waals surface area contributed by atoms with E-state index < -0.39 is 82.4 Å². The van der Waals surface area contributed by atoms with Crippen molar-refractivity contribution in [2.24, 2.45) is 11.5 Å². The Labute approximate surface area is 475 Å². The number of alkyl carbamates (subject to hydrolysis) is 2. The average molecular weight is 1200 g/mol. The number of carbonyl (C=O) groups is 14. The molecule has 4 rings (SSSR count). The lowest BCUT2D eigenvalue weighted by Gasteiger charge is -2.26. The molecule has 4 saturated heterocycles. The monoisotopic (exact) mass is 1190 g/mol. The van der Waals surface area contributed by atoms with Gasteiger partial charge in [-0.3, -0.25) is 52.7 Å². The van der Waals surface area contributed by atoms with Gasteiger partial charge >= 0.3 is 71.5 Å². The number of nitrogens with zero attached hydrogens (tertiary/aromatic N) is 3. The zero-order valence-corrected chi connectivity index (χ0v) is 48.3. The van der Waals surface area contributed by atoms with Crippen molar-refractivity contribution >= 4 is 119 Å². The van der Waals surface area contributed by atoms with E-state index in [1.165, 1.54) is 33.4 Å². The molecule has 0 unspecified atom stereocenters. The average Bonchev–Trinajstić information content (AvgIpc) is 3.33. The number of carboxylic acid groups (broad SMARTS) is 1. The Balaban J connectivity index is -0.000000291. The van der Waals surface area contributed by atoms with E-state index in [0.717, 1.165) is 18.3 Å². The molecule has 0 bridgehead atoms. The number of carbonyl (C=O) groups excluding carboxylic acids is 13. The quantitative estimate of drug-likeness (QED) is 0.0195. The summed E-state index contributed by atoms with van der Waals surface area (Å²) in [6, 6.07) is 0. The first-order valence-corrected chi connectivity index (χ1v) is 26.6. The maximum Gasteiger partial charge on any atom is 0.407 e. The molecule has 4 fully saturated rings. The Bertz CT molecular complexity index is 2030. The molecule has 79 heavy (non-hydrogen) atoms. The highest BCUT2D eigenvalue weighted by Crippen LogP contribution is 2.08. The first-order valence-electron chi connectivity index (χ1n) is 24.3. The lowest BCUT2D eigenvalue weighted by Crippen LogP contribution is -2.53. The molecular weight excluding hydrogens is 1110 g/mol. The van der Waals surface area contributed by atoms with Crippen molar-refractivity contribution in [2.45, 2.75) is 66.6 Å². The summed E-state index contributed by atoms with van der Waals surface area (Å²) in [5, 5.41) is 26.5.